The average Bonchev–Trinajstić information content (AvgIpc) is 2.93. The molecule has 19 heavy (non-hydrogen) atoms. The number of carbonyl (C=O) groups is 1. The summed E-state index contributed by atoms with van der Waals surface area (Å²) in [6, 6.07) is 1.54. The second kappa shape index (κ2) is 5.80. The van der Waals surface area contributed by atoms with E-state index < -0.39 is 5.97 Å². The number of esters is 1. The van der Waals surface area contributed by atoms with Gasteiger partial charge in [-0.1, -0.05) is 5.16 Å². The van der Waals surface area contributed by atoms with Crippen LogP contribution < -0.4 is 11.1 Å². The van der Waals surface area contributed by atoms with Crippen LogP contribution >= 0.6 is 0 Å². The molecule has 0 aliphatic heterocycles. The van der Waals surface area contributed by atoms with Gasteiger partial charge in [-0.15, -0.1) is 0 Å². The molecule has 0 saturated heterocycles. The van der Waals surface area contributed by atoms with Gasteiger partial charge in [0.2, 0.25) is 6.39 Å². The molecule has 2 aromatic heterocycles. The summed E-state index contributed by atoms with van der Waals surface area (Å²) in [7, 11) is 1.30. The Morgan fingerprint density at radius 3 is 3.05 bits per heavy atom. The lowest BCUT2D eigenvalue weighted by atomic mass is 10.2. The summed E-state index contributed by atoms with van der Waals surface area (Å²) in [5, 5.41) is 6.71. The number of hydrogen-bond donors (Lipinski definition) is 2. The van der Waals surface area contributed by atoms with Crippen molar-refractivity contribution < 1.29 is 14.1 Å². The first-order valence-corrected chi connectivity index (χ1v) is 5.53. The molecule has 2 heterocycles. The molecule has 0 bridgehead atoms. The molecule has 8 nitrogen and oxygen atoms in total. The number of rotatable bonds is 5. The highest BCUT2D eigenvalue weighted by Crippen LogP contribution is 2.15. The minimum atomic E-state index is -0.499. The molecule has 2 aromatic rings. The maximum Gasteiger partial charge on any atom is 0.340 e. The summed E-state index contributed by atoms with van der Waals surface area (Å²) in [5.74, 6) is 0.621. The lowest BCUT2D eigenvalue weighted by Gasteiger charge is -2.07. The Kier molecular flexibility index (Phi) is 3.91. The van der Waals surface area contributed by atoms with Gasteiger partial charge in [-0.05, 0) is 6.07 Å². The van der Waals surface area contributed by atoms with E-state index in [2.05, 4.69) is 29.7 Å². The first kappa shape index (κ1) is 12.8. The number of nitrogen functional groups attached to an aromatic ring is 1. The summed E-state index contributed by atoms with van der Waals surface area (Å²) in [6.45, 7) is 0.553. The molecule has 2 rings (SSSR count). The van der Waals surface area contributed by atoms with E-state index in [9.17, 15) is 4.79 Å². The Morgan fingerprint density at radius 2 is 2.37 bits per heavy atom. The van der Waals surface area contributed by atoms with Crippen LogP contribution in [0.1, 0.15) is 16.2 Å². The first-order chi connectivity index (χ1) is 9.20. The van der Waals surface area contributed by atoms with Crippen molar-refractivity contribution in [2.75, 3.05) is 24.7 Å². The van der Waals surface area contributed by atoms with Gasteiger partial charge in [-0.3, -0.25) is 0 Å². The SMILES string of the molecule is COC(=O)c1cc(NCCc2ncon2)ncc1N. The smallest absolute Gasteiger partial charge is 0.340 e. The molecule has 8 heteroatoms. The van der Waals surface area contributed by atoms with Gasteiger partial charge in [0, 0.05) is 13.0 Å². The molecule has 3 N–H and O–H groups in total. The number of aromatic nitrogens is 3. The van der Waals surface area contributed by atoms with Crippen molar-refractivity contribution in [3.8, 4) is 0 Å². The third-order valence-corrected chi connectivity index (χ3v) is 2.40. The van der Waals surface area contributed by atoms with Crippen LogP contribution in [0, 0.1) is 0 Å². The predicted octanol–water partition coefficient (Wildman–Crippen LogP) is 0.488. The first-order valence-electron chi connectivity index (χ1n) is 5.53. The molecule has 0 fully saturated rings. The molecule has 0 atom stereocenters. The number of nitrogens with one attached hydrogen (secondary N) is 1. The molecule has 0 radical (unpaired) electrons. The fourth-order valence-electron chi connectivity index (χ4n) is 1.45. The molecular weight excluding hydrogens is 250 g/mol. The molecule has 0 unspecified atom stereocenters. The highest BCUT2D eigenvalue weighted by molar-refractivity contribution is 5.95. The number of pyridine rings is 1. The maximum absolute atomic E-state index is 11.5. The maximum atomic E-state index is 11.5. The highest BCUT2D eigenvalue weighted by atomic mass is 16.5. The van der Waals surface area contributed by atoms with Gasteiger partial charge in [0.15, 0.2) is 5.82 Å². The lowest BCUT2D eigenvalue weighted by molar-refractivity contribution is 0.0602. The minimum Gasteiger partial charge on any atom is -0.465 e. The fourth-order valence-corrected chi connectivity index (χ4v) is 1.45. The standard InChI is InChI=1S/C11H13N5O3/c1-18-11(17)7-4-10(14-5-8(7)12)13-3-2-9-15-6-19-16-9/h4-6H,2-3,12H2,1H3,(H,13,14). The van der Waals surface area contributed by atoms with Gasteiger partial charge >= 0.3 is 5.97 Å². The van der Waals surface area contributed by atoms with E-state index in [0.717, 1.165) is 0 Å². The number of nitrogens with two attached hydrogens (primary N) is 1. The second-order valence-corrected chi connectivity index (χ2v) is 3.67. The lowest BCUT2D eigenvalue weighted by Crippen LogP contribution is -2.11. The van der Waals surface area contributed by atoms with E-state index in [0.29, 0.717) is 24.6 Å². The molecule has 0 amide bonds. The van der Waals surface area contributed by atoms with Crippen molar-refractivity contribution in [1.29, 1.82) is 0 Å². The number of methoxy groups -OCH3 is 1. The van der Waals surface area contributed by atoms with E-state index in [1.54, 1.807) is 0 Å². The zero-order valence-electron chi connectivity index (χ0n) is 10.3. The summed E-state index contributed by atoms with van der Waals surface area (Å²) in [5.41, 5.74) is 6.20. The number of ether oxygens (including phenoxy) is 1. The molecule has 100 valence electrons. The Labute approximate surface area is 109 Å². The molecule has 0 aliphatic carbocycles. The minimum absolute atomic E-state index is 0.274. The molecule has 0 aromatic carbocycles. The van der Waals surface area contributed by atoms with Crippen molar-refractivity contribution in [3.63, 3.8) is 0 Å². The van der Waals surface area contributed by atoms with Crippen LogP contribution in [-0.2, 0) is 11.2 Å². The normalized spacial score (nSPS) is 10.2. The van der Waals surface area contributed by atoms with E-state index in [4.69, 9.17) is 5.73 Å². The van der Waals surface area contributed by atoms with Gasteiger partial charge < -0.3 is 20.3 Å². The van der Waals surface area contributed by atoms with Crippen molar-refractivity contribution >= 4 is 17.5 Å². The van der Waals surface area contributed by atoms with Gasteiger partial charge in [0.25, 0.3) is 0 Å². The van der Waals surface area contributed by atoms with Crippen LogP contribution in [0.25, 0.3) is 0 Å². The van der Waals surface area contributed by atoms with Crippen LogP contribution in [0.5, 0.6) is 0 Å². The average molecular weight is 263 g/mol. The van der Waals surface area contributed by atoms with Crippen molar-refractivity contribution in [2.45, 2.75) is 6.42 Å². The zero-order chi connectivity index (χ0) is 13.7. The Hall–Kier alpha value is -2.64. The van der Waals surface area contributed by atoms with Gasteiger partial charge in [-0.25, -0.2) is 9.78 Å². The van der Waals surface area contributed by atoms with Crippen LogP contribution in [0.15, 0.2) is 23.2 Å². The van der Waals surface area contributed by atoms with E-state index >= 15 is 0 Å². The fraction of sp³-hybridized carbons (Fsp3) is 0.273. The predicted molar refractivity (Wildman–Crippen MR) is 66.5 cm³/mol. The van der Waals surface area contributed by atoms with Crippen molar-refractivity contribution in [2.24, 2.45) is 0 Å². The van der Waals surface area contributed by atoms with Crippen molar-refractivity contribution in [3.05, 3.63) is 30.0 Å². The summed E-state index contributed by atoms with van der Waals surface area (Å²) in [4.78, 5) is 19.4. The number of hydrogen-bond acceptors (Lipinski definition) is 8. The molecule has 0 saturated carbocycles. The van der Waals surface area contributed by atoms with E-state index in [-0.39, 0.29) is 11.3 Å². The van der Waals surface area contributed by atoms with Gasteiger partial charge in [0.05, 0.1) is 24.6 Å². The Bertz CT molecular complexity index is 555. The van der Waals surface area contributed by atoms with E-state index in [1.807, 2.05) is 0 Å². The highest BCUT2D eigenvalue weighted by Gasteiger charge is 2.11. The largest absolute Gasteiger partial charge is 0.465 e. The number of anilines is 2. The van der Waals surface area contributed by atoms with Crippen LogP contribution in [0.3, 0.4) is 0 Å². The topological polar surface area (TPSA) is 116 Å². The van der Waals surface area contributed by atoms with Crippen molar-refractivity contribution in [1.82, 2.24) is 15.1 Å². The monoisotopic (exact) mass is 263 g/mol. The Balaban J connectivity index is 1.99. The summed E-state index contributed by atoms with van der Waals surface area (Å²) >= 11 is 0. The quantitative estimate of drug-likeness (QED) is 0.748. The summed E-state index contributed by atoms with van der Waals surface area (Å²) < 4.78 is 9.24. The molecule has 0 spiro atoms. The van der Waals surface area contributed by atoms with Crippen LogP contribution in [0.2, 0.25) is 0 Å². The third-order valence-electron chi connectivity index (χ3n) is 2.40. The summed E-state index contributed by atoms with van der Waals surface area (Å²) in [6.07, 6.45) is 3.26. The van der Waals surface area contributed by atoms with Crippen LogP contribution in [0.4, 0.5) is 11.5 Å². The van der Waals surface area contributed by atoms with Crippen LogP contribution in [-0.4, -0.2) is 34.7 Å². The Morgan fingerprint density at radius 1 is 1.53 bits per heavy atom. The molecular formula is C11H13N5O3. The second-order valence-electron chi connectivity index (χ2n) is 3.67. The molecule has 0 aliphatic rings. The number of nitrogens with zero attached hydrogens (tertiary/aromatic N) is 3. The number of carbonyl (C=O) groups excluding carboxylic acids is 1. The van der Waals surface area contributed by atoms with Gasteiger partial charge in [0.1, 0.15) is 5.82 Å². The third kappa shape index (κ3) is 3.18. The zero-order valence-corrected chi connectivity index (χ0v) is 10.3. The van der Waals surface area contributed by atoms with Gasteiger partial charge in [-0.2, -0.15) is 4.98 Å². The van der Waals surface area contributed by atoms with E-state index in [1.165, 1.54) is 25.8 Å².